The van der Waals surface area contributed by atoms with Crippen LogP contribution in [0.1, 0.15) is 53.1 Å². The average Bonchev–Trinajstić information content (AvgIpc) is 2.89. The Kier molecular flexibility index (Phi) is 5.38. The Bertz CT molecular complexity index is 609. The van der Waals surface area contributed by atoms with Crippen LogP contribution in [0.2, 0.25) is 0 Å². The van der Waals surface area contributed by atoms with Gasteiger partial charge in [0.2, 0.25) is 0 Å². The predicted molar refractivity (Wildman–Crippen MR) is 83.6 cm³/mol. The molecule has 1 N–H and O–H groups in total. The summed E-state index contributed by atoms with van der Waals surface area (Å²) in [4.78, 5) is 26.0. The lowest BCUT2D eigenvalue weighted by molar-refractivity contribution is 0.0947. The summed E-state index contributed by atoms with van der Waals surface area (Å²) >= 11 is 1.67. The van der Waals surface area contributed by atoms with Crippen LogP contribution in [-0.2, 0) is 6.42 Å². The SMILES string of the molecule is Cc1ncsc1CCCNC(=O)c1ccnc(C(C)C)n1. The summed E-state index contributed by atoms with van der Waals surface area (Å²) in [6.07, 6.45) is 3.48. The van der Waals surface area contributed by atoms with Gasteiger partial charge in [-0.25, -0.2) is 15.0 Å². The third-order valence-corrected chi connectivity index (χ3v) is 4.13. The van der Waals surface area contributed by atoms with Gasteiger partial charge in [0, 0.05) is 23.5 Å². The van der Waals surface area contributed by atoms with Crippen LogP contribution < -0.4 is 5.32 Å². The van der Waals surface area contributed by atoms with Crippen LogP contribution in [-0.4, -0.2) is 27.4 Å². The highest BCUT2D eigenvalue weighted by atomic mass is 32.1. The van der Waals surface area contributed by atoms with Gasteiger partial charge in [-0.15, -0.1) is 11.3 Å². The number of rotatable bonds is 6. The molecule has 0 aliphatic heterocycles. The third kappa shape index (κ3) is 4.32. The molecule has 0 spiro atoms. The van der Waals surface area contributed by atoms with Gasteiger partial charge in [-0.1, -0.05) is 13.8 Å². The molecule has 0 saturated carbocycles. The third-order valence-electron chi connectivity index (χ3n) is 3.13. The van der Waals surface area contributed by atoms with E-state index in [1.54, 1.807) is 23.6 Å². The van der Waals surface area contributed by atoms with E-state index in [2.05, 4.69) is 20.3 Å². The number of aryl methyl sites for hydroxylation is 2. The van der Waals surface area contributed by atoms with E-state index in [0.717, 1.165) is 18.5 Å². The lowest BCUT2D eigenvalue weighted by Crippen LogP contribution is -2.26. The number of amides is 1. The molecule has 21 heavy (non-hydrogen) atoms. The summed E-state index contributed by atoms with van der Waals surface area (Å²) < 4.78 is 0. The van der Waals surface area contributed by atoms with Crippen molar-refractivity contribution in [2.45, 2.75) is 39.5 Å². The van der Waals surface area contributed by atoms with Crippen LogP contribution >= 0.6 is 11.3 Å². The number of nitrogens with zero attached hydrogens (tertiary/aromatic N) is 3. The van der Waals surface area contributed by atoms with E-state index in [-0.39, 0.29) is 11.8 Å². The fourth-order valence-corrected chi connectivity index (χ4v) is 2.71. The first-order valence-electron chi connectivity index (χ1n) is 7.08. The zero-order valence-electron chi connectivity index (χ0n) is 12.6. The zero-order valence-corrected chi connectivity index (χ0v) is 13.4. The highest BCUT2D eigenvalue weighted by molar-refractivity contribution is 7.09. The number of hydrogen-bond acceptors (Lipinski definition) is 5. The molecule has 2 aromatic heterocycles. The number of aromatic nitrogens is 3. The second-order valence-electron chi connectivity index (χ2n) is 5.18. The van der Waals surface area contributed by atoms with Crippen LogP contribution in [0.25, 0.3) is 0 Å². The molecule has 5 nitrogen and oxygen atoms in total. The van der Waals surface area contributed by atoms with Gasteiger partial charge < -0.3 is 5.32 Å². The summed E-state index contributed by atoms with van der Waals surface area (Å²) in [5, 5.41) is 2.90. The minimum Gasteiger partial charge on any atom is -0.351 e. The monoisotopic (exact) mass is 304 g/mol. The minimum absolute atomic E-state index is 0.139. The van der Waals surface area contributed by atoms with Gasteiger partial charge in [-0.05, 0) is 25.8 Å². The molecule has 2 rings (SSSR count). The van der Waals surface area contributed by atoms with Crippen molar-refractivity contribution in [3.63, 3.8) is 0 Å². The molecule has 1 amide bonds. The first-order valence-corrected chi connectivity index (χ1v) is 7.96. The normalized spacial score (nSPS) is 10.9. The lowest BCUT2D eigenvalue weighted by Gasteiger charge is -2.07. The van der Waals surface area contributed by atoms with Gasteiger partial charge in [-0.3, -0.25) is 4.79 Å². The molecule has 0 atom stereocenters. The van der Waals surface area contributed by atoms with Gasteiger partial charge in [-0.2, -0.15) is 0 Å². The standard InChI is InChI=1S/C15H20N4OS/c1-10(2)14-16-8-6-12(19-14)15(20)17-7-4-5-13-11(3)18-9-21-13/h6,8-10H,4-5,7H2,1-3H3,(H,17,20). The van der Waals surface area contributed by atoms with Gasteiger partial charge >= 0.3 is 0 Å². The molecule has 0 saturated heterocycles. The fraction of sp³-hybridized carbons (Fsp3) is 0.467. The number of carbonyl (C=O) groups excluding carboxylic acids is 1. The van der Waals surface area contributed by atoms with Gasteiger partial charge in [0.05, 0.1) is 11.2 Å². The van der Waals surface area contributed by atoms with Crippen molar-refractivity contribution in [1.82, 2.24) is 20.3 Å². The molecule has 6 heteroatoms. The van der Waals surface area contributed by atoms with E-state index in [0.29, 0.717) is 18.1 Å². The number of nitrogens with one attached hydrogen (secondary N) is 1. The van der Waals surface area contributed by atoms with Crippen LogP contribution in [0, 0.1) is 6.92 Å². The molecule has 2 aromatic rings. The van der Waals surface area contributed by atoms with Crippen molar-refractivity contribution in [3.05, 3.63) is 39.9 Å². The Labute approximate surface area is 128 Å². The van der Waals surface area contributed by atoms with E-state index < -0.39 is 0 Å². The first kappa shape index (κ1) is 15.6. The molecule has 0 radical (unpaired) electrons. The van der Waals surface area contributed by atoms with Crippen molar-refractivity contribution < 1.29 is 4.79 Å². The first-order chi connectivity index (χ1) is 10.1. The maximum Gasteiger partial charge on any atom is 0.270 e. The van der Waals surface area contributed by atoms with Crippen LogP contribution in [0.15, 0.2) is 17.8 Å². The second-order valence-corrected chi connectivity index (χ2v) is 6.11. The largest absolute Gasteiger partial charge is 0.351 e. The van der Waals surface area contributed by atoms with Crippen molar-refractivity contribution in [2.24, 2.45) is 0 Å². The van der Waals surface area contributed by atoms with Crippen LogP contribution in [0.5, 0.6) is 0 Å². The summed E-state index contributed by atoms with van der Waals surface area (Å²) in [6.45, 7) is 6.67. The molecule has 0 fully saturated rings. The zero-order chi connectivity index (χ0) is 15.2. The van der Waals surface area contributed by atoms with E-state index in [1.807, 2.05) is 26.3 Å². The summed E-state index contributed by atoms with van der Waals surface area (Å²) in [5.41, 5.74) is 3.38. The van der Waals surface area contributed by atoms with E-state index >= 15 is 0 Å². The van der Waals surface area contributed by atoms with Crippen molar-refractivity contribution in [1.29, 1.82) is 0 Å². The molecule has 112 valence electrons. The Morgan fingerprint density at radius 2 is 2.19 bits per heavy atom. The number of carbonyl (C=O) groups is 1. The van der Waals surface area contributed by atoms with Gasteiger partial charge in [0.25, 0.3) is 5.91 Å². The molecular weight excluding hydrogens is 284 g/mol. The number of thiazole rings is 1. The van der Waals surface area contributed by atoms with Crippen LogP contribution in [0.3, 0.4) is 0 Å². The van der Waals surface area contributed by atoms with Crippen molar-refractivity contribution >= 4 is 17.2 Å². The summed E-state index contributed by atoms with van der Waals surface area (Å²) in [6, 6.07) is 1.65. The van der Waals surface area contributed by atoms with Crippen molar-refractivity contribution in [2.75, 3.05) is 6.54 Å². The second kappa shape index (κ2) is 7.26. The van der Waals surface area contributed by atoms with Gasteiger partial charge in [0.15, 0.2) is 0 Å². The highest BCUT2D eigenvalue weighted by Crippen LogP contribution is 2.13. The molecule has 0 aromatic carbocycles. The van der Waals surface area contributed by atoms with E-state index in [9.17, 15) is 4.79 Å². The smallest absolute Gasteiger partial charge is 0.270 e. The lowest BCUT2D eigenvalue weighted by atomic mass is 10.2. The maximum atomic E-state index is 12.0. The maximum absolute atomic E-state index is 12.0. The predicted octanol–water partition coefficient (Wildman–Crippen LogP) is 2.73. The Morgan fingerprint density at radius 3 is 2.86 bits per heavy atom. The Hall–Kier alpha value is -1.82. The Balaban J connectivity index is 1.82. The molecule has 0 bridgehead atoms. The molecule has 0 aliphatic carbocycles. The summed E-state index contributed by atoms with van der Waals surface area (Å²) in [5.74, 6) is 0.773. The fourth-order valence-electron chi connectivity index (χ4n) is 1.89. The minimum atomic E-state index is -0.139. The summed E-state index contributed by atoms with van der Waals surface area (Å²) in [7, 11) is 0. The molecule has 0 unspecified atom stereocenters. The number of hydrogen-bond donors (Lipinski definition) is 1. The highest BCUT2D eigenvalue weighted by Gasteiger charge is 2.10. The van der Waals surface area contributed by atoms with E-state index in [1.165, 1.54) is 4.88 Å². The van der Waals surface area contributed by atoms with E-state index in [4.69, 9.17) is 0 Å². The van der Waals surface area contributed by atoms with Crippen molar-refractivity contribution in [3.8, 4) is 0 Å². The molecular formula is C15H20N4OS. The molecule has 0 aliphatic rings. The average molecular weight is 304 g/mol. The molecule has 2 heterocycles. The van der Waals surface area contributed by atoms with Crippen LogP contribution in [0.4, 0.5) is 0 Å². The van der Waals surface area contributed by atoms with Gasteiger partial charge in [0.1, 0.15) is 11.5 Å². The quantitative estimate of drug-likeness (QED) is 0.833. The Morgan fingerprint density at radius 1 is 1.38 bits per heavy atom. The topological polar surface area (TPSA) is 67.8 Å².